The van der Waals surface area contributed by atoms with E-state index in [9.17, 15) is 9.59 Å². The number of carbonyl (C=O) groups is 1. The second-order valence-electron chi connectivity index (χ2n) is 7.13. The maximum Gasteiger partial charge on any atom is 0.326 e. The average Bonchev–Trinajstić information content (AvgIpc) is 3.07. The second kappa shape index (κ2) is 6.43. The van der Waals surface area contributed by atoms with Crippen LogP contribution in [0.3, 0.4) is 0 Å². The fourth-order valence-electron chi connectivity index (χ4n) is 4.31. The van der Waals surface area contributed by atoms with Crippen LogP contribution in [0.25, 0.3) is 11.0 Å². The minimum absolute atomic E-state index is 0.106. The molecule has 0 aliphatic carbocycles. The topological polar surface area (TPSA) is 78.9 Å². The fourth-order valence-corrected chi connectivity index (χ4v) is 4.31. The standard InChI is InChI=1S/C18H24N4O2/c23-17(11-12-9-13-5-6-14(10-12)20-13)19-7-8-22-16-4-2-1-3-15(16)21-18(22)24/h1-4,12-14,20H,5-11H2,(H,19,23)(H,21,24). The molecule has 2 atom stereocenters. The van der Waals surface area contributed by atoms with Gasteiger partial charge in [-0.25, -0.2) is 4.79 Å². The second-order valence-corrected chi connectivity index (χ2v) is 7.13. The largest absolute Gasteiger partial charge is 0.354 e. The summed E-state index contributed by atoms with van der Waals surface area (Å²) >= 11 is 0. The Labute approximate surface area is 140 Å². The Morgan fingerprint density at radius 2 is 1.96 bits per heavy atom. The van der Waals surface area contributed by atoms with Gasteiger partial charge in [-0.05, 0) is 43.7 Å². The molecule has 2 aliphatic heterocycles. The number of imidazole rings is 1. The van der Waals surface area contributed by atoms with Crippen molar-refractivity contribution in [2.45, 2.75) is 50.7 Å². The molecule has 6 nitrogen and oxygen atoms in total. The van der Waals surface area contributed by atoms with Gasteiger partial charge in [0.25, 0.3) is 0 Å². The molecule has 1 aromatic heterocycles. The van der Waals surface area contributed by atoms with Crippen molar-refractivity contribution in [3.8, 4) is 0 Å². The molecule has 2 unspecified atom stereocenters. The van der Waals surface area contributed by atoms with E-state index in [1.807, 2.05) is 24.3 Å². The zero-order chi connectivity index (χ0) is 16.5. The number of aromatic amines is 1. The van der Waals surface area contributed by atoms with Crippen LogP contribution in [0.2, 0.25) is 0 Å². The first kappa shape index (κ1) is 15.4. The van der Waals surface area contributed by atoms with Gasteiger partial charge in [-0.1, -0.05) is 12.1 Å². The Bertz CT molecular complexity index is 782. The van der Waals surface area contributed by atoms with Crippen LogP contribution >= 0.6 is 0 Å². The van der Waals surface area contributed by atoms with E-state index in [4.69, 9.17) is 0 Å². The van der Waals surface area contributed by atoms with Crippen LogP contribution in [0.5, 0.6) is 0 Å². The summed E-state index contributed by atoms with van der Waals surface area (Å²) in [5.74, 6) is 0.605. The Morgan fingerprint density at radius 1 is 1.21 bits per heavy atom. The van der Waals surface area contributed by atoms with Gasteiger partial charge >= 0.3 is 5.69 Å². The van der Waals surface area contributed by atoms with Crippen LogP contribution < -0.4 is 16.3 Å². The molecule has 24 heavy (non-hydrogen) atoms. The zero-order valence-electron chi connectivity index (χ0n) is 13.8. The summed E-state index contributed by atoms with van der Waals surface area (Å²) in [6, 6.07) is 8.85. The number of fused-ring (bicyclic) bond motifs is 3. The molecule has 2 aliphatic rings. The Hall–Kier alpha value is -2.08. The van der Waals surface area contributed by atoms with Crippen LogP contribution in [-0.2, 0) is 11.3 Å². The highest BCUT2D eigenvalue weighted by Gasteiger charge is 2.34. The molecule has 0 radical (unpaired) electrons. The first-order valence-electron chi connectivity index (χ1n) is 8.89. The molecule has 0 spiro atoms. The molecular weight excluding hydrogens is 304 g/mol. The molecule has 4 rings (SSSR count). The van der Waals surface area contributed by atoms with Gasteiger partial charge in [-0.2, -0.15) is 0 Å². The highest BCUT2D eigenvalue weighted by atomic mass is 16.2. The Kier molecular flexibility index (Phi) is 4.14. The number of rotatable bonds is 5. The van der Waals surface area contributed by atoms with Crippen molar-refractivity contribution in [1.82, 2.24) is 20.2 Å². The van der Waals surface area contributed by atoms with E-state index < -0.39 is 0 Å². The molecule has 128 valence electrons. The molecule has 6 heteroatoms. The third-order valence-corrected chi connectivity index (χ3v) is 5.38. The normalized spacial score (nSPS) is 25.9. The molecule has 2 fully saturated rings. The zero-order valence-corrected chi connectivity index (χ0v) is 13.8. The lowest BCUT2D eigenvalue weighted by atomic mass is 9.89. The van der Waals surface area contributed by atoms with Crippen molar-refractivity contribution in [2.75, 3.05) is 6.54 Å². The molecular formula is C18H24N4O2. The predicted molar refractivity (Wildman–Crippen MR) is 92.9 cm³/mol. The summed E-state index contributed by atoms with van der Waals surface area (Å²) in [5, 5.41) is 6.58. The minimum Gasteiger partial charge on any atom is -0.354 e. The summed E-state index contributed by atoms with van der Waals surface area (Å²) in [6.07, 6.45) is 5.35. The predicted octanol–water partition coefficient (Wildman–Crippen LogP) is 1.37. The third kappa shape index (κ3) is 3.11. The first-order chi connectivity index (χ1) is 11.7. The molecule has 1 amide bonds. The van der Waals surface area contributed by atoms with E-state index in [1.54, 1.807) is 4.57 Å². The summed E-state index contributed by atoms with van der Waals surface area (Å²) < 4.78 is 1.68. The monoisotopic (exact) mass is 328 g/mol. The lowest BCUT2D eigenvalue weighted by Crippen LogP contribution is -2.40. The van der Waals surface area contributed by atoms with Gasteiger partial charge in [0.15, 0.2) is 0 Å². The third-order valence-electron chi connectivity index (χ3n) is 5.38. The molecule has 0 saturated carbocycles. The highest BCUT2D eigenvalue weighted by molar-refractivity contribution is 5.76. The van der Waals surface area contributed by atoms with Gasteiger partial charge in [0.1, 0.15) is 0 Å². The van der Waals surface area contributed by atoms with E-state index in [0.717, 1.165) is 23.9 Å². The summed E-state index contributed by atoms with van der Waals surface area (Å²) in [4.78, 5) is 27.0. The van der Waals surface area contributed by atoms with E-state index >= 15 is 0 Å². The van der Waals surface area contributed by atoms with Crippen molar-refractivity contribution >= 4 is 16.9 Å². The van der Waals surface area contributed by atoms with Gasteiger partial charge in [0.2, 0.25) is 5.91 Å². The number of nitrogens with one attached hydrogen (secondary N) is 3. The van der Waals surface area contributed by atoms with Crippen LogP contribution in [-0.4, -0.2) is 34.1 Å². The maximum atomic E-state index is 12.2. The summed E-state index contributed by atoms with van der Waals surface area (Å²) in [6.45, 7) is 0.977. The number of amides is 1. The van der Waals surface area contributed by atoms with Crippen molar-refractivity contribution in [3.63, 3.8) is 0 Å². The van der Waals surface area contributed by atoms with Crippen LogP contribution in [0.15, 0.2) is 29.1 Å². The lowest BCUT2D eigenvalue weighted by Gasteiger charge is -2.28. The number of para-hydroxylation sites is 2. The van der Waals surface area contributed by atoms with Gasteiger partial charge in [0, 0.05) is 31.6 Å². The van der Waals surface area contributed by atoms with Crippen LogP contribution in [0.4, 0.5) is 0 Å². The molecule has 3 heterocycles. The minimum atomic E-state index is -0.125. The van der Waals surface area contributed by atoms with Crippen molar-refractivity contribution in [2.24, 2.45) is 5.92 Å². The molecule has 2 saturated heterocycles. The smallest absolute Gasteiger partial charge is 0.326 e. The summed E-state index contributed by atoms with van der Waals surface area (Å²) in [7, 11) is 0. The number of benzene rings is 1. The fraction of sp³-hybridized carbons (Fsp3) is 0.556. The van der Waals surface area contributed by atoms with Gasteiger partial charge in [-0.3, -0.25) is 9.36 Å². The molecule has 2 bridgehead atoms. The van der Waals surface area contributed by atoms with Crippen LogP contribution in [0, 0.1) is 5.92 Å². The van der Waals surface area contributed by atoms with E-state index in [2.05, 4.69) is 15.6 Å². The Balaban J connectivity index is 1.30. The molecule has 3 N–H and O–H groups in total. The maximum absolute atomic E-state index is 12.2. The van der Waals surface area contributed by atoms with E-state index in [-0.39, 0.29) is 11.6 Å². The van der Waals surface area contributed by atoms with Gasteiger partial charge in [-0.15, -0.1) is 0 Å². The van der Waals surface area contributed by atoms with Crippen molar-refractivity contribution in [1.29, 1.82) is 0 Å². The Morgan fingerprint density at radius 3 is 2.75 bits per heavy atom. The SMILES string of the molecule is O=C(CC1CC2CCC(C1)N2)NCCn1c(=O)[nH]c2ccccc21. The molecule has 1 aromatic carbocycles. The molecule has 2 aromatic rings. The van der Waals surface area contributed by atoms with Crippen molar-refractivity contribution in [3.05, 3.63) is 34.7 Å². The van der Waals surface area contributed by atoms with Gasteiger partial charge < -0.3 is 15.6 Å². The number of nitrogens with zero attached hydrogens (tertiary/aromatic N) is 1. The number of hydrogen-bond acceptors (Lipinski definition) is 3. The van der Waals surface area contributed by atoms with E-state index in [1.165, 1.54) is 12.8 Å². The van der Waals surface area contributed by atoms with E-state index in [0.29, 0.717) is 37.5 Å². The number of H-pyrrole nitrogens is 1. The number of hydrogen-bond donors (Lipinski definition) is 3. The van der Waals surface area contributed by atoms with Gasteiger partial charge in [0.05, 0.1) is 11.0 Å². The quantitative estimate of drug-likeness (QED) is 0.775. The first-order valence-corrected chi connectivity index (χ1v) is 8.89. The van der Waals surface area contributed by atoms with Crippen LogP contribution in [0.1, 0.15) is 32.1 Å². The average molecular weight is 328 g/mol. The number of piperidine rings is 1. The number of carbonyl (C=O) groups excluding carboxylic acids is 1. The number of aromatic nitrogens is 2. The summed E-state index contributed by atoms with van der Waals surface area (Å²) in [5.41, 5.74) is 1.59. The highest BCUT2D eigenvalue weighted by Crippen LogP contribution is 2.32. The lowest BCUT2D eigenvalue weighted by molar-refractivity contribution is -0.122. The van der Waals surface area contributed by atoms with Crippen molar-refractivity contribution < 1.29 is 4.79 Å².